The third-order valence-corrected chi connectivity index (χ3v) is 9.63. The molecule has 3 unspecified atom stereocenters. The Morgan fingerprint density at radius 2 is 1.76 bits per heavy atom. The van der Waals surface area contributed by atoms with Crippen LogP contribution in [0.3, 0.4) is 0 Å². The van der Waals surface area contributed by atoms with Crippen LogP contribution in [0.2, 0.25) is 0 Å². The lowest BCUT2D eigenvalue weighted by atomic mass is 9.61. The first-order chi connectivity index (χ1) is 16.1. The van der Waals surface area contributed by atoms with Gasteiger partial charge in [-0.15, -0.1) is 11.3 Å². The topological polar surface area (TPSA) is 82.6 Å². The molecule has 0 aromatic carbocycles. The van der Waals surface area contributed by atoms with Gasteiger partial charge in [0.05, 0.1) is 29.5 Å². The average molecular weight is 488 g/mol. The Morgan fingerprint density at radius 3 is 2.44 bits per heavy atom. The maximum absolute atomic E-state index is 9.95. The minimum absolute atomic E-state index is 0.158. The van der Waals surface area contributed by atoms with Crippen LogP contribution in [0.25, 0.3) is 0 Å². The van der Waals surface area contributed by atoms with Crippen molar-refractivity contribution in [1.29, 1.82) is 0 Å². The van der Waals surface area contributed by atoms with Crippen LogP contribution in [0.4, 0.5) is 0 Å². The summed E-state index contributed by atoms with van der Waals surface area (Å²) in [6, 6.07) is -0.524. The molecule has 1 aromatic rings. The number of aromatic nitrogens is 1. The number of aliphatic hydroxyl groups excluding tert-OH is 2. The number of piperidine rings is 1. The van der Waals surface area contributed by atoms with Gasteiger partial charge in [0, 0.05) is 28.0 Å². The van der Waals surface area contributed by atoms with Gasteiger partial charge in [-0.2, -0.15) is 0 Å². The molecule has 1 aromatic heterocycles. The van der Waals surface area contributed by atoms with Crippen molar-refractivity contribution < 1.29 is 10.2 Å². The largest absolute Gasteiger partial charge is 0.395 e. The molecule has 6 heteroatoms. The molecule has 4 N–H and O–H groups in total. The number of likely N-dealkylation sites (tertiary alicyclic amines) is 1. The Morgan fingerprint density at radius 1 is 1.09 bits per heavy atom. The van der Waals surface area contributed by atoms with Crippen LogP contribution in [0.5, 0.6) is 0 Å². The lowest BCUT2D eigenvalue weighted by Crippen LogP contribution is -2.39. The first-order valence-corrected chi connectivity index (χ1v) is 14.1. The van der Waals surface area contributed by atoms with Crippen LogP contribution < -0.4 is 5.73 Å². The summed E-state index contributed by atoms with van der Waals surface area (Å²) in [6.45, 7) is 12.5. The smallest absolute Gasteiger partial charge is 0.0960 e. The summed E-state index contributed by atoms with van der Waals surface area (Å²) in [5.74, 6) is 1.14. The summed E-state index contributed by atoms with van der Waals surface area (Å²) in [6.07, 6.45) is 11.7. The molecular formula is C28H45N3O2S. The van der Waals surface area contributed by atoms with Crippen molar-refractivity contribution in [1.82, 2.24) is 9.88 Å². The average Bonchev–Trinajstić information content (AvgIpc) is 3.32. The second-order valence-electron chi connectivity index (χ2n) is 12.0. The number of allylic oxidation sites excluding steroid dienone is 4. The minimum atomic E-state index is -0.607. The fourth-order valence-electron chi connectivity index (χ4n) is 6.11. The number of rotatable bonds is 8. The summed E-state index contributed by atoms with van der Waals surface area (Å²) in [5, 5.41) is 22.7. The van der Waals surface area contributed by atoms with E-state index in [4.69, 9.17) is 15.8 Å². The number of hydrogen-bond acceptors (Lipinski definition) is 6. The first kappa shape index (κ1) is 26.0. The minimum Gasteiger partial charge on any atom is -0.395 e. The maximum Gasteiger partial charge on any atom is 0.0960 e. The zero-order chi connectivity index (χ0) is 24.5. The lowest BCUT2D eigenvalue weighted by Gasteiger charge is -2.43. The molecule has 1 fully saturated rings. The Labute approximate surface area is 210 Å². The van der Waals surface area contributed by atoms with Crippen LogP contribution in [0, 0.1) is 10.8 Å². The van der Waals surface area contributed by atoms with E-state index < -0.39 is 12.1 Å². The van der Waals surface area contributed by atoms with E-state index in [9.17, 15) is 5.11 Å². The van der Waals surface area contributed by atoms with Gasteiger partial charge in [0.25, 0.3) is 0 Å². The highest BCUT2D eigenvalue weighted by Crippen LogP contribution is 2.53. The zero-order valence-corrected chi connectivity index (χ0v) is 22.4. The predicted octanol–water partition coefficient (Wildman–Crippen LogP) is 4.97. The van der Waals surface area contributed by atoms with Gasteiger partial charge in [-0.05, 0) is 64.6 Å². The highest BCUT2D eigenvalue weighted by atomic mass is 32.1. The molecule has 0 amide bonds. The normalized spacial score (nSPS) is 27.0. The van der Waals surface area contributed by atoms with E-state index in [0.29, 0.717) is 18.3 Å². The van der Waals surface area contributed by atoms with Crippen molar-refractivity contribution in [3.63, 3.8) is 0 Å². The van der Waals surface area contributed by atoms with Gasteiger partial charge in [0.2, 0.25) is 0 Å². The van der Waals surface area contributed by atoms with Gasteiger partial charge < -0.3 is 20.8 Å². The standard InChI is InChI=1S/C28H45N3O2S/c1-27(2)11-12-28(3,4)22-16-20(7-8-21(22)27)24-18-34-26(30-24)19-9-14-31(15-10-19)13-5-6-25(33)23(29)17-32/h11-12,18-20,23,25,32-33H,5-10,13-17,29H2,1-4H3. The van der Waals surface area contributed by atoms with Crippen molar-refractivity contribution in [3.8, 4) is 0 Å². The van der Waals surface area contributed by atoms with Crippen molar-refractivity contribution >= 4 is 11.3 Å². The summed E-state index contributed by atoms with van der Waals surface area (Å²) in [4.78, 5) is 7.71. The number of nitrogens with two attached hydrogens (primary N) is 1. The van der Waals surface area contributed by atoms with Crippen molar-refractivity contribution in [3.05, 3.63) is 39.4 Å². The molecular weight excluding hydrogens is 442 g/mol. The van der Waals surface area contributed by atoms with Crippen LogP contribution in [0.1, 0.15) is 95.2 Å². The predicted molar refractivity (Wildman–Crippen MR) is 141 cm³/mol. The molecule has 1 aliphatic heterocycles. The van der Waals surface area contributed by atoms with Gasteiger partial charge in [-0.3, -0.25) is 0 Å². The summed E-state index contributed by atoms with van der Waals surface area (Å²) >= 11 is 1.88. The first-order valence-electron chi connectivity index (χ1n) is 13.3. The highest BCUT2D eigenvalue weighted by molar-refractivity contribution is 7.09. The third kappa shape index (κ3) is 5.67. The van der Waals surface area contributed by atoms with E-state index >= 15 is 0 Å². The zero-order valence-electron chi connectivity index (χ0n) is 21.6. The molecule has 1 saturated heterocycles. The van der Waals surface area contributed by atoms with Gasteiger partial charge >= 0.3 is 0 Å². The molecule has 3 atom stereocenters. The summed E-state index contributed by atoms with van der Waals surface area (Å²) < 4.78 is 0. The van der Waals surface area contributed by atoms with Crippen LogP contribution >= 0.6 is 11.3 Å². The maximum atomic E-state index is 9.95. The molecule has 0 radical (unpaired) electrons. The van der Waals surface area contributed by atoms with Crippen LogP contribution in [0.15, 0.2) is 28.7 Å². The Hall–Kier alpha value is -1.05. The molecule has 3 aliphatic rings. The Bertz CT molecular complexity index is 895. The van der Waals surface area contributed by atoms with Crippen molar-refractivity contribution in [2.75, 3.05) is 26.2 Å². The highest BCUT2D eigenvalue weighted by Gasteiger charge is 2.39. The number of hydrogen-bond donors (Lipinski definition) is 3. The molecule has 2 aliphatic carbocycles. The van der Waals surface area contributed by atoms with E-state index in [1.165, 1.54) is 23.5 Å². The molecule has 5 nitrogen and oxygen atoms in total. The van der Waals surface area contributed by atoms with E-state index in [-0.39, 0.29) is 17.4 Å². The Balaban J connectivity index is 1.30. The molecule has 2 heterocycles. The van der Waals surface area contributed by atoms with Gasteiger partial charge in [0.15, 0.2) is 0 Å². The van der Waals surface area contributed by atoms with E-state index in [0.717, 1.165) is 45.3 Å². The lowest BCUT2D eigenvalue weighted by molar-refractivity contribution is 0.0943. The SMILES string of the molecule is CC1(C)C=CC(C)(C)C2=C1CCC(c1csc(C3CCN(CCCC(O)C(N)CO)CC3)n1)C2. The molecule has 34 heavy (non-hydrogen) atoms. The fourth-order valence-corrected chi connectivity index (χ4v) is 7.19. The second-order valence-corrected chi connectivity index (χ2v) is 12.8. The summed E-state index contributed by atoms with van der Waals surface area (Å²) in [5.41, 5.74) is 10.7. The van der Waals surface area contributed by atoms with Crippen molar-refractivity contribution in [2.45, 2.75) is 96.6 Å². The summed E-state index contributed by atoms with van der Waals surface area (Å²) in [7, 11) is 0. The van der Waals surface area contributed by atoms with Crippen molar-refractivity contribution in [2.24, 2.45) is 16.6 Å². The van der Waals surface area contributed by atoms with E-state index in [1.807, 2.05) is 11.3 Å². The quantitative estimate of drug-likeness (QED) is 0.451. The number of thiazole rings is 1. The molecule has 0 saturated carbocycles. The van der Waals surface area contributed by atoms with Gasteiger partial charge in [-0.1, -0.05) is 51.0 Å². The Kier molecular flexibility index (Phi) is 8.05. The molecule has 0 bridgehead atoms. The van der Waals surface area contributed by atoms with Crippen LogP contribution in [-0.4, -0.2) is 58.5 Å². The van der Waals surface area contributed by atoms with Crippen LogP contribution in [-0.2, 0) is 0 Å². The van der Waals surface area contributed by atoms with Gasteiger partial charge in [0.1, 0.15) is 0 Å². The fraction of sp³-hybridized carbons (Fsp3) is 0.750. The number of nitrogens with zero attached hydrogens (tertiary/aromatic N) is 2. The second kappa shape index (κ2) is 10.5. The molecule has 0 spiro atoms. The molecule has 4 rings (SSSR count). The van der Waals surface area contributed by atoms with E-state index in [1.54, 1.807) is 11.1 Å². The molecule has 190 valence electrons. The third-order valence-electron chi connectivity index (χ3n) is 8.60. The monoisotopic (exact) mass is 487 g/mol. The van der Waals surface area contributed by atoms with E-state index in [2.05, 4.69) is 50.1 Å². The van der Waals surface area contributed by atoms with Gasteiger partial charge in [-0.25, -0.2) is 4.98 Å². The number of aliphatic hydroxyl groups is 2.